The number of nitrogens with zero attached hydrogens (tertiary/aromatic N) is 6. The van der Waals surface area contributed by atoms with Crippen LogP contribution in [0.4, 0.5) is 16.3 Å². The van der Waals surface area contributed by atoms with E-state index in [4.69, 9.17) is 5.26 Å². The van der Waals surface area contributed by atoms with Crippen molar-refractivity contribution in [2.75, 3.05) is 10.2 Å². The number of carbonyl (C=O) groups excluding carboxylic acids is 1. The molecule has 0 aliphatic heterocycles. The zero-order valence-corrected chi connectivity index (χ0v) is 21.4. The fourth-order valence-electron chi connectivity index (χ4n) is 4.69. The number of pyridine rings is 1. The van der Waals surface area contributed by atoms with E-state index in [1.54, 1.807) is 23.1 Å². The molecule has 188 valence electrons. The van der Waals surface area contributed by atoms with Gasteiger partial charge in [-0.05, 0) is 55.5 Å². The molecule has 1 aliphatic rings. The monoisotopic (exact) mass is 512 g/mol. The number of hydrogen-bond donors (Lipinski definition) is 2. The molecule has 9 nitrogen and oxygen atoms in total. The van der Waals surface area contributed by atoms with Gasteiger partial charge in [0.15, 0.2) is 0 Å². The van der Waals surface area contributed by atoms with Crippen molar-refractivity contribution in [3.8, 4) is 17.2 Å². The summed E-state index contributed by atoms with van der Waals surface area (Å²) in [5, 5.41) is 22.6. The summed E-state index contributed by atoms with van der Waals surface area (Å²) in [6.07, 6.45) is 10.7. The Bertz CT molecular complexity index is 1350. The molecule has 0 radical (unpaired) electrons. The molecule has 3 heterocycles. The molecule has 2 amide bonds. The first kappa shape index (κ1) is 24.5. The first-order valence-electron chi connectivity index (χ1n) is 12.3. The van der Waals surface area contributed by atoms with E-state index in [1.807, 2.05) is 60.1 Å². The number of thiazole rings is 1. The number of benzene rings is 1. The van der Waals surface area contributed by atoms with Gasteiger partial charge in [0.25, 0.3) is 0 Å². The standard InChI is InChI=1S/C27H28N8OS/c1-34-18-21(16-32-34)20-3-7-23(8-4-20)35(27(36)31-17-26-29-12-13-37-26)24-9-5-22(6-10-24)33-25-11-2-19(14-28)15-30-25/h2-4,7-8,11-13,15-16,18,22,24H,5-6,9-10,17H2,1H3,(H,30,33)(H,31,36)/t22-,24-. The maximum absolute atomic E-state index is 13.5. The summed E-state index contributed by atoms with van der Waals surface area (Å²) >= 11 is 1.53. The highest BCUT2D eigenvalue weighted by Crippen LogP contribution is 2.31. The van der Waals surface area contributed by atoms with Gasteiger partial charge in [0.2, 0.25) is 0 Å². The normalized spacial score (nSPS) is 17.1. The number of rotatable bonds is 7. The van der Waals surface area contributed by atoms with Crippen molar-refractivity contribution in [1.29, 1.82) is 5.26 Å². The molecule has 1 aromatic carbocycles. The zero-order valence-electron chi connectivity index (χ0n) is 20.5. The van der Waals surface area contributed by atoms with Gasteiger partial charge < -0.3 is 10.6 Å². The molecule has 1 saturated carbocycles. The largest absolute Gasteiger partial charge is 0.367 e. The average Bonchev–Trinajstić information content (AvgIpc) is 3.61. The Hall–Kier alpha value is -4.23. The van der Waals surface area contributed by atoms with Crippen LogP contribution in [0.15, 0.2) is 66.6 Å². The molecule has 1 aliphatic carbocycles. The highest BCUT2D eigenvalue weighted by atomic mass is 32.1. The van der Waals surface area contributed by atoms with Crippen LogP contribution in [0.25, 0.3) is 11.1 Å². The number of urea groups is 1. The minimum Gasteiger partial charge on any atom is -0.367 e. The number of carbonyl (C=O) groups is 1. The summed E-state index contributed by atoms with van der Waals surface area (Å²) in [5.74, 6) is 0.770. The van der Waals surface area contributed by atoms with Crippen LogP contribution in [-0.4, -0.2) is 37.9 Å². The highest BCUT2D eigenvalue weighted by Gasteiger charge is 2.30. The second kappa shape index (κ2) is 11.2. The third-order valence-corrected chi connectivity index (χ3v) is 7.36. The van der Waals surface area contributed by atoms with Crippen LogP contribution in [0.3, 0.4) is 0 Å². The van der Waals surface area contributed by atoms with Gasteiger partial charge in [-0.1, -0.05) is 12.1 Å². The van der Waals surface area contributed by atoms with Gasteiger partial charge in [-0.25, -0.2) is 14.8 Å². The van der Waals surface area contributed by atoms with Crippen LogP contribution in [0.2, 0.25) is 0 Å². The van der Waals surface area contributed by atoms with Crippen molar-refractivity contribution in [3.63, 3.8) is 0 Å². The lowest BCUT2D eigenvalue weighted by Gasteiger charge is -2.37. The Morgan fingerprint density at radius 3 is 2.54 bits per heavy atom. The Labute approximate surface area is 219 Å². The van der Waals surface area contributed by atoms with E-state index in [0.717, 1.165) is 53.3 Å². The summed E-state index contributed by atoms with van der Waals surface area (Å²) in [7, 11) is 1.90. The van der Waals surface area contributed by atoms with Crippen LogP contribution in [0.1, 0.15) is 36.3 Å². The van der Waals surface area contributed by atoms with Crippen molar-refractivity contribution < 1.29 is 4.79 Å². The van der Waals surface area contributed by atoms with Crippen LogP contribution in [-0.2, 0) is 13.6 Å². The predicted octanol–water partition coefficient (Wildman–Crippen LogP) is 4.95. The summed E-state index contributed by atoms with van der Waals surface area (Å²) < 4.78 is 1.78. The number of aryl methyl sites for hydroxylation is 1. The number of nitrogens with one attached hydrogen (secondary N) is 2. The molecular weight excluding hydrogens is 484 g/mol. The lowest BCUT2D eigenvalue weighted by atomic mass is 9.89. The molecule has 0 atom stereocenters. The second-order valence-electron chi connectivity index (χ2n) is 9.10. The van der Waals surface area contributed by atoms with E-state index in [9.17, 15) is 4.79 Å². The third-order valence-electron chi connectivity index (χ3n) is 6.58. The number of hydrogen-bond acceptors (Lipinski definition) is 7. The van der Waals surface area contributed by atoms with E-state index in [2.05, 4.69) is 31.8 Å². The Morgan fingerprint density at radius 1 is 1.11 bits per heavy atom. The minimum absolute atomic E-state index is 0.0764. The zero-order chi connectivity index (χ0) is 25.6. The topological polar surface area (TPSA) is 112 Å². The lowest BCUT2D eigenvalue weighted by Crippen LogP contribution is -2.48. The van der Waals surface area contributed by atoms with E-state index >= 15 is 0 Å². The average molecular weight is 513 g/mol. The van der Waals surface area contributed by atoms with E-state index in [0.29, 0.717) is 12.1 Å². The Morgan fingerprint density at radius 2 is 1.92 bits per heavy atom. The molecule has 37 heavy (non-hydrogen) atoms. The maximum atomic E-state index is 13.5. The fraction of sp³-hybridized carbons (Fsp3) is 0.296. The third kappa shape index (κ3) is 5.95. The number of anilines is 2. The molecule has 10 heteroatoms. The van der Waals surface area contributed by atoms with Crippen LogP contribution >= 0.6 is 11.3 Å². The van der Waals surface area contributed by atoms with Gasteiger partial charge in [0.1, 0.15) is 16.9 Å². The number of aromatic nitrogens is 4. The lowest BCUT2D eigenvalue weighted by molar-refractivity contribution is 0.240. The van der Waals surface area contributed by atoms with Crippen molar-refractivity contribution in [1.82, 2.24) is 25.1 Å². The Balaban J connectivity index is 1.29. The molecule has 4 aromatic rings. The molecular formula is C27H28N8OS. The Kier molecular flexibility index (Phi) is 7.42. The van der Waals surface area contributed by atoms with Gasteiger partial charge in [-0.2, -0.15) is 10.4 Å². The minimum atomic E-state index is -0.116. The second-order valence-corrected chi connectivity index (χ2v) is 10.1. The molecule has 2 N–H and O–H groups in total. The van der Waals surface area contributed by atoms with Crippen molar-refractivity contribution >= 4 is 28.9 Å². The maximum Gasteiger partial charge on any atom is 0.322 e. The molecule has 0 unspecified atom stereocenters. The van der Waals surface area contributed by atoms with Crippen molar-refractivity contribution in [2.45, 2.75) is 44.3 Å². The van der Waals surface area contributed by atoms with Gasteiger partial charge in [-0.15, -0.1) is 11.3 Å². The van der Waals surface area contributed by atoms with Crippen LogP contribution < -0.4 is 15.5 Å². The summed E-state index contributed by atoms with van der Waals surface area (Å²) in [6.45, 7) is 0.405. The van der Waals surface area contributed by atoms with E-state index in [-0.39, 0.29) is 18.1 Å². The van der Waals surface area contributed by atoms with Gasteiger partial charge in [0.05, 0.1) is 18.3 Å². The van der Waals surface area contributed by atoms with Gasteiger partial charge in [0, 0.05) is 54.4 Å². The molecule has 0 spiro atoms. The first-order chi connectivity index (χ1) is 18.1. The molecule has 5 rings (SSSR count). The van der Waals surface area contributed by atoms with Crippen LogP contribution in [0, 0.1) is 11.3 Å². The van der Waals surface area contributed by atoms with Gasteiger partial charge >= 0.3 is 6.03 Å². The summed E-state index contributed by atoms with van der Waals surface area (Å²) in [6, 6.07) is 14.0. The molecule has 0 saturated heterocycles. The molecule has 3 aromatic heterocycles. The first-order valence-corrected chi connectivity index (χ1v) is 13.1. The summed E-state index contributed by atoms with van der Waals surface area (Å²) in [4.78, 5) is 24.0. The van der Waals surface area contributed by atoms with Crippen molar-refractivity contribution in [2.24, 2.45) is 7.05 Å². The van der Waals surface area contributed by atoms with Crippen molar-refractivity contribution in [3.05, 3.63) is 77.1 Å². The van der Waals surface area contributed by atoms with E-state index < -0.39 is 0 Å². The number of nitriles is 1. The van der Waals surface area contributed by atoms with Crippen LogP contribution in [0.5, 0.6) is 0 Å². The smallest absolute Gasteiger partial charge is 0.322 e. The predicted molar refractivity (Wildman–Crippen MR) is 144 cm³/mol. The highest BCUT2D eigenvalue weighted by molar-refractivity contribution is 7.09. The SMILES string of the molecule is Cn1cc(-c2ccc(N(C(=O)NCc3nccs3)[C@H]3CC[C@H](Nc4ccc(C#N)cn4)CC3)cc2)cn1. The van der Waals surface area contributed by atoms with E-state index in [1.165, 1.54) is 11.3 Å². The summed E-state index contributed by atoms with van der Waals surface area (Å²) in [5.41, 5.74) is 3.51. The molecule has 0 bridgehead atoms. The quantitative estimate of drug-likeness (QED) is 0.362. The number of amides is 2. The van der Waals surface area contributed by atoms with Gasteiger partial charge in [-0.3, -0.25) is 9.58 Å². The fourth-order valence-corrected chi connectivity index (χ4v) is 5.24. The molecule has 1 fully saturated rings.